The molecule has 0 spiro atoms. The van der Waals surface area contributed by atoms with Crippen molar-refractivity contribution in [1.82, 2.24) is 5.32 Å². The molecule has 1 unspecified atom stereocenters. The molecule has 5 heteroatoms. The highest BCUT2D eigenvalue weighted by atomic mass is 16.5. The van der Waals surface area contributed by atoms with Crippen LogP contribution in [-0.4, -0.2) is 18.5 Å². The number of esters is 1. The molecule has 0 heterocycles. The average Bonchev–Trinajstić information content (AvgIpc) is 2.65. The second kappa shape index (κ2) is 9.24. The van der Waals surface area contributed by atoms with Gasteiger partial charge < -0.3 is 10.1 Å². The van der Waals surface area contributed by atoms with Crippen LogP contribution < -0.4 is 5.32 Å². The average molecular weight is 336 g/mol. The maximum absolute atomic E-state index is 12.5. The van der Waals surface area contributed by atoms with E-state index in [1.54, 1.807) is 43.3 Å². The molecule has 0 bridgehead atoms. The number of rotatable bonds is 7. The molecule has 0 saturated carbocycles. The fraction of sp³-hybridized carbons (Fsp3) is 0.250. The van der Waals surface area contributed by atoms with Gasteiger partial charge in [-0.15, -0.1) is 0 Å². The standard InChI is InChI=1S/C20H20N2O3/c1-2-25-20(24)18(22-19(23)16-10-4-3-5-11-16)17-13-7-6-9-15(17)12-8-14-21/h3-7,9-11,13,18H,2,8,12H2,1H3,(H,22,23). The van der Waals surface area contributed by atoms with Gasteiger partial charge in [-0.25, -0.2) is 4.79 Å². The predicted octanol–water partition coefficient (Wildman–Crippen LogP) is 3.18. The number of amides is 1. The molecule has 0 radical (unpaired) electrons. The van der Waals surface area contributed by atoms with Gasteiger partial charge in [0.05, 0.1) is 12.7 Å². The lowest BCUT2D eigenvalue weighted by Crippen LogP contribution is -2.35. The first-order valence-electron chi connectivity index (χ1n) is 8.14. The number of aryl methyl sites for hydroxylation is 1. The van der Waals surface area contributed by atoms with E-state index in [-0.39, 0.29) is 12.5 Å². The number of nitriles is 1. The van der Waals surface area contributed by atoms with Gasteiger partial charge in [-0.3, -0.25) is 4.79 Å². The van der Waals surface area contributed by atoms with E-state index < -0.39 is 12.0 Å². The van der Waals surface area contributed by atoms with Gasteiger partial charge in [0.25, 0.3) is 5.91 Å². The van der Waals surface area contributed by atoms with E-state index in [9.17, 15) is 9.59 Å². The monoisotopic (exact) mass is 336 g/mol. The van der Waals surface area contributed by atoms with Crippen molar-refractivity contribution >= 4 is 11.9 Å². The Morgan fingerprint density at radius 3 is 2.48 bits per heavy atom. The van der Waals surface area contributed by atoms with Crippen molar-refractivity contribution in [3.63, 3.8) is 0 Å². The van der Waals surface area contributed by atoms with Crippen LogP contribution in [0.3, 0.4) is 0 Å². The topological polar surface area (TPSA) is 79.2 Å². The predicted molar refractivity (Wildman–Crippen MR) is 93.7 cm³/mol. The molecule has 0 fully saturated rings. The fourth-order valence-corrected chi connectivity index (χ4v) is 2.53. The third-order valence-corrected chi connectivity index (χ3v) is 3.71. The summed E-state index contributed by atoms with van der Waals surface area (Å²) in [7, 11) is 0. The first-order chi connectivity index (χ1) is 12.2. The zero-order valence-corrected chi connectivity index (χ0v) is 14.1. The first kappa shape index (κ1) is 18.2. The maximum atomic E-state index is 12.5. The highest BCUT2D eigenvalue weighted by Crippen LogP contribution is 2.21. The minimum absolute atomic E-state index is 0.219. The largest absolute Gasteiger partial charge is 0.464 e. The summed E-state index contributed by atoms with van der Waals surface area (Å²) in [6, 6.07) is 17.2. The summed E-state index contributed by atoms with van der Waals surface area (Å²) in [6.45, 7) is 1.94. The van der Waals surface area contributed by atoms with Crippen molar-refractivity contribution in [3.05, 3.63) is 71.3 Å². The molecule has 1 N–H and O–H groups in total. The molecule has 128 valence electrons. The molecule has 0 aliphatic rings. The molecule has 25 heavy (non-hydrogen) atoms. The van der Waals surface area contributed by atoms with Gasteiger partial charge in [0.15, 0.2) is 6.04 Å². The normalized spacial score (nSPS) is 11.2. The van der Waals surface area contributed by atoms with Crippen LogP contribution in [0.1, 0.15) is 40.9 Å². The molecule has 0 saturated heterocycles. The summed E-state index contributed by atoms with van der Waals surface area (Å²) >= 11 is 0. The second-order valence-corrected chi connectivity index (χ2v) is 5.38. The van der Waals surface area contributed by atoms with Crippen molar-refractivity contribution in [2.24, 2.45) is 0 Å². The molecule has 2 aromatic rings. The molecule has 2 rings (SSSR count). The van der Waals surface area contributed by atoms with Crippen LogP contribution in [0.4, 0.5) is 0 Å². The Bertz CT molecular complexity index is 766. The molecule has 0 aromatic heterocycles. The molecule has 1 atom stereocenters. The molecular formula is C20H20N2O3. The number of nitrogens with one attached hydrogen (secondary N) is 1. The lowest BCUT2D eigenvalue weighted by molar-refractivity contribution is -0.145. The van der Waals surface area contributed by atoms with Gasteiger partial charge in [-0.2, -0.15) is 5.26 Å². The second-order valence-electron chi connectivity index (χ2n) is 5.38. The smallest absolute Gasteiger partial charge is 0.333 e. The van der Waals surface area contributed by atoms with Gasteiger partial charge in [0, 0.05) is 12.0 Å². The van der Waals surface area contributed by atoms with Crippen LogP contribution in [-0.2, 0) is 16.0 Å². The van der Waals surface area contributed by atoms with Gasteiger partial charge in [0.1, 0.15) is 0 Å². The lowest BCUT2D eigenvalue weighted by Gasteiger charge is -2.20. The zero-order valence-electron chi connectivity index (χ0n) is 14.1. The van der Waals surface area contributed by atoms with Crippen LogP contribution in [0, 0.1) is 11.3 Å². The zero-order chi connectivity index (χ0) is 18.1. The fourth-order valence-electron chi connectivity index (χ4n) is 2.53. The van der Waals surface area contributed by atoms with Crippen molar-refractivity contribution in [2.75, 3.05) is 6.61 Å². The van der Waals surface area contributed by atoms with Gasteiger partial charge in [-0.05, 0) is 36.6 Å². The third kappa shape index (κ3) is 4.92. The molecule has 0 aliphatic carbocycles. The minimum atomic E-state index is -0.914. The van der Waals surface area contributed by atoms with Crippen LogP contribution >= 0.6 is 0 Å². The molecule has 1 amide bonds. The number of carbonyl (C=O) groups excluding carboxylic acids is 2. The Hall–Kier alpha value is -3.13. The number of benzene rings is 2. The Morgan fingerprint density at radius 1 is 1.12 bits per heavy atom. The highest BCUT2D eigenvalue weighted by Gasteiger charge is 2.26. The number of hydrogen-bond donors (Lipinski definition) is 1. The van der Waals surface area contributed by atoms with Crippen molar-refractivity contribution in [1.29, 1.82) is 5.26 Å². The number of nitrogens with zero attached hydrogens (tertiary/aromatic N) is 1. The minimum Gasteiger partial charge on any atom is -0.464 e. The first-order valence-corrected chi connectivity index (χ1v) is 8.14. The van der Waals surface area contributed by atoms with Gasteiger partial charge in [0.2, 0.25) is 0 Å². The summed E-state index contributed by atoms with van der Waals surface area (Å²) in [5, 5.41) is 11.6. The Balaban J connectivity index is 2.32. The van der Waals surface area contributed by atoms with E-state index in [0.29, 0.717) is 24.0 Å². The van der Waals surface area contributed by atoms with Gasteiger partial charge in [-0.1, -0.05) is 42.5 Å². The van der Waals surface area contributed by atoms with Gasteiger partial charge >= 0.3 is 5.97 Å². The summed E-state index contributed by atoms with van der Waals surface area (Å²) in [6.07, 6.45) is 0.836. The number of carbonyl (C=O) groups is 2. The van der Waals surface area contributed by atoms with E-state index in [1.807, 2.05) is 18.2 Å². The lowest BCUT2D eigenvalue weighted by atomic mass is 9.96. The van der Waals surface area contributed by atoms with Crippen LogP contribution in [0.25, 0.3) is 0 Å². The maximum Gasteiger partial charge on any atom is 0.333 e. The van der Waals surface area contributed by atoms with Crippen molar-refractivity contribution < 1.29 is 14.3 Å². The van der Waals surface area contributed by atoms with Crippen molar-refractivity contribution in [2.45, 2.75) is 25.8 Å². The molecule has 2 aromatic carbocycles. The molecular weight excluding hydrogens is 316 g/mol. The summed E-state index contributed by atoms with van der Waals surface area (Å²) in [5.41, 5.74) is 1.96. The Labute approximate surface area is 147 Å². The highest BCUT2D eigenvalue weighted by molar-refractivity contribution is 5.97. The van der Waals surface area contributed by atoms with E-state index in [1.165, 1.54) is 0 Å². The summed E-state index contributed by atoms with van der Waals surface area (Å²) < 4.78 is 5.14. The van der Waals surface area contributed by atoms with E-state index in [0.717, 1.165) is 5.56 Å². The quantitative estimate of drug-likeness (QED) is 0.788. The van der Waals surface area contributed by atoms with E-state index in [2.05, 4.69) is 11.4 Å². The van der Waals surface area contributed by atoms with Crippen molar-refractivity contribution in [3.8, 4) is 6.07 Å². The number of hydrogen-bond acceptors (Lipinski definition) is 4. The van der Waals surface area contributed by atoms with E-state index in [4.69, 9.17) is 10.00 Å². The Kier molecular flexibility index (Phi) is 6.73. The summed E-state index contributed by atoms with van der Waals surface area (Å²) in [4.78, 5) is 24.9. The van der Waals surface area contributed by atoms with Crippen LogP contribution in [0.5, 0.6) is 0 Å². The SMILES string of the molecule is CCOC(=O)C(NC(=O)c1ccccc1)c1ccccc1CCC#N. The third-order valence-electron chi connectivity index (χ3n) is 3.71. The summed E-state index contributed by atoms with van der Waals surface area (Å²) in [5.74, 6) is -0.870. The van der Waals surface area contributed by atoms with Crippen LogP contribution in [0.2, 0.25) is 0 Å². The number of ether oxygens (including phenoxy) is 1. The molecule has 5 nitrogen and oxygen atoms in total. The molecule has 0 aliphatic heterocycles. The Morgan fingerprint density at radius 2 is 1.80 bits per heavy atom. The van der Waals surface area contributed by atoms with Crippen LogP contribution in [0.15, 0.2) is 54.6 Å². The van der Waals surface area contributed by atoms with E-state index >= 15 is 0 Å².